The Morgan fingerprint density at radius 3 is 2.56 bits per heavy atom. The van der Waals surface area contributed by atoms with Crippen LogP contribution in [0.15, 0.2) is 12.7 Å². The highest BCUT2D eigenvalue weighted by atomic mass is 16.6. The van der Waals surface area contributed by atoms with Crippen molar-refractivity contribution in [1.29, 1.82) is 0 Å². The first-order chi connectivity index (χ1) is 4.20. The third kappa shape index (κ3) is 3.46. The monoisotopic (exact) mass is 128 g/mol. The van der Waals surface area contributed by atoms with Gasteiger partial charge in [0, 0.05) is 12.5 Å². The fourth-order valence-corrected chi connectivity index (χ4v) is 0.226. The van der Waals surface area contributed by atoms with E-state index in [1.54, 1.807) is 6.92 Å². The zero-order chi connectivity index (χ0) is 7.28. The van der Waals surface area contributed by atoms with Crippen LogP contribution in [0.2, 0.25) is 0 Å². The summed E-state index contributed by atoms with van der Waals surface area (Å²) in [7, 11) is 0. The lowest BCUT2D eigenvalue weighted by atomic mass is 10.5. The fraction of sp³-hybridized carbons (Fsp3) is 0.333. The first-order valence-corrected chi connectivity index (χ1v) is 2.57. The van der Waals surface area contributed by atoms with E-state index in [9.17, 15) is 9.59 Å². The van der Waals surface area contributed by atoms with Crippen LogP contribution in [0.3, 0.4) is 0 Å². The van der Waals surface area contributed by atoms with Gasteiger partial charge in [0.05, 0.1) is 0 Å². The van der Waals surface area contributed by atoms with Crippen LogP contribution < -0.4 is 0 Å². The Morgan fingerprint density at radius 2 is 2.22 bits per heavy atom. The van der Waals surface area contributed by atoms with Crippen molar-refractivity contribution in [2.45, 2.75) is 13.3 Å². The summed E-state index contributed by atoms with van der Waals surface area (Å²) in [6, 6.07) is 0. The Kier molecular flexibility index (Phi) is 3.35. The fourth-order valence-electron chi connectivity index (χ4n) is 0.226. The van der Waals surface area contributed by atoms with Gasteiger partial charge in [-0.2, -0.15) is 0 Å². The van der Waals surface area contributed by atoms with Crippen LogP contribution in [-0.2, 0) is 14.3 Å². The van der Waals surface area contributed by atoms with Crippen LogP contribution in [-0.4, -0.2) is 11.9 Å². The summed E-state index contributed by atoms with van der Waals surface area (Å²) in [5, 5.41) is 0. The van der Waals surface area contributed by atoms with Gasteiger partial charge in [-0.05, 0) is 0 Å². The summed E-state index contributed by atoms with van der Waals surface area (Å²) in [6.45, 7) is 4.73. The number of ether oxygens (including phenoxy) is 1. The number of carbonyl (C=O) groups is 2. The normalized spacial score (nSPS) is 8.11. The van der Waals surface area contributed by atoms with Crippen LogP contribution >= 0.6 is 0 Å². The SMILES string of the molecule is C=CC(=O)OC(=O)CC. The summed E-state index contributed by atoms with van der Waals surface area (Å²) in [4.78, 5) is 20.5. The van der Waals surface area contributed by atoms with E-state index in [1.807, 2.05) is 0 Å². The van der Waals surface area contributed by atoms with Gasteiger partial charge in [0.1, 0.15) is 0 Å². The Morgan fingerprint density at radius 1 is 1.67 bits per heavy atom. The van der Waals surface area contributed by atoms with Crippen molar-refractivity contribution in [3.63, 3.8) is 0 Å². The van der Waals surface area contributed by atoms with Crippen molar-refractivity contribution in [2.24, 2.45) is 0 Å². The van der Waals surface area contributed by atoms with Crippen molar-refractivity contribution >= 4 is 11.9 Å². The molecule has 0 aromatic rings. The van der Waals surface area contributed by atoms with Gasteiger partial charge in [-0.25, -0.2) is 4.79 Å². The average molecular weight is 128 g/mol. The maximum absolute atomic E-state index is 10.3. The van der Waals surface area contributed by atoms with Crippen LogP contribution in [0.5, 0.6) is 0 Å². The van der Waals surface area contributed by atoms with Crippen LogP contribution in [0.1, 0.15) is 13.3 Å². The second-order valence-electron chi connectivity index (χ2n) is 1.35. The van der Waals surface area contributed by atoms with E-state index in [0.717, 1.165) is 6.08 Å². The molecule has 50 valence electrons. The van der Waals surface area contributed by atoms with Crippen LogP contribution in [0, 0.1) is 0 Å². The third-order valence-corrected chi connectivity index (χ3v) is 0.670. The van der Waals surface area contributed by atoms with E-state index in [1.165, 1.54) is 0 Å². The molecular formula is C6H8O3. The lowest BCUT2D eigenvalue weighted by Gasteiger charge is -1.92. The highest BCUT2D eigenvalue weighted by Gasteiger charge is 2.01. The van der Waals surface area contributed by atoms with Gasteiger partial charge in [-0.1, -0.05) is 13.5 Å². The Labute approximate surface area is 53.3 Å². The molecule has 9 heavy (non-hydrogen) atoms. The minimum absolute atomic E-state index is 0.208. The highest BCUT2D eigenvalue weighted by molar-refractivity contribution is 5.91. The lowest BCUT2D eigenvalue weighted by molar-refractivity contribution is -0.155. The van der Waals surface area contributed by atoms with E-state index in [-0.39, 0.29) is 6.42 Å². The van der Waals surface area contributed by atoms with Crippen molar-refractivity contribution in [3.8, 4) is 0 Å². The second-order valence-corrected chi connectivity index (χ2v) is 1.35. The molecule has 0 amide bonds. The van der Waals surface area contributed by atoms with E-state index in [4.69, 9.17) is 0 Å². The molecule has 0 saturated heterocycles. The first-order valence-electron chi connectivity index (χ1n) is 2.57. The molecule has 0 aliphatic heterocycles. The molecule has 0 spiro atoms. The molecule has 0 aliphatic rings. The van der Waals surface area contributed by atoms with E-state index in [0.29, 0.717) is 0 Å². The summed E-state index contributed by atoms with van der Waals surface area (Å²) >= 11 is 0. The Hall–Kier alpha value is -1.12. The molecule has 0 radical (unpaired) electrons. The second kappa shape index (κ2) is 3.83. The van der Waals surface area contributed by atoms with Gasteiger partial charge in [-0.15, -0.1) is 0 Å². The molecular weight excluding hydrogens is 120 g/mol. The van der Waals surface area contributed by atoms with E-state index < -0.39 is 11.9 Å². The summed E-state index contributed by atoms with van der Waals surface area (Å²) in [5.41, 5.74) is 0. The standard InChI is InChI=1S/C6H8O3/c1-3-5(7)9-6(8)4-2/h3H,1,4H2,2H3. The maximum Gasteiger partial charge on any atom is 0.337 e. The topological polar surface area (TPSA) is 43.4 Å². The molecule has 0 atom stereocenters. The molecule has 0 N–H and O–H groups in total. The zero-order valence-electron chi connectivity index (χ0n) is 5.22. The number of hydrogen-bond acceptors (Lipinski definition) is 3. The summed E-state index contributed by atoms with van der Waals surface area (Å²) in [5.74, 6) is -1.22. The largest absolute Gasteiger partial charge is 0.390 e. The van der Waals surface area contributed by atoms with Crippen LogP contribution in [0.4, 0.5) is 0 Å². The van der Waals surface area contributed by atoms with Crippen molar-refractivity contribution < 1.29 is 14.3 Å². The number of esters is 2. The van der Waals surface area contributed by atoms with Gasteiger partial charge >= 0.3 is 11.9 Å². The molecule has 0 bridgehead atoms. The van der Waals surface area contributed by atoms with Gasteiger partial charge in [0.2, 0.25) is 0 Å². The zero-order valence-corrected chi connectivity index (χ0v) is 5.22. The van der Waals surface area contributed by atoms with Crippen molar-refractivity contribution in [1.82, 2.24) is 0 Å². The minimum atomic E-state index is -0.693. The Bertz CT molecular complexity index is 137. The first kappa shape index (κ1) is 7.88. The van der Waals surface area contributed by atoms with Crippen molar-refractivity contribution in [2.75, 3.05) is 0 Å². The maximum atomic E-state index is 10.3. The highest BCUT2D eigenvalue weighted by Crippen LogP contribution is 1.84. The third-order valence-electron chi connectivity index (χ3n) is 0.670. The molecule has 0 rings (SSSR count). The smallest absolute Gasteiger partial charge is 0.337 e. The van der Waals surface area contributed by atoms with E-state index >= 15 is 0 Å². The molecule has 3 heteroatoms. The number of carbonyl (C=O) groups excluding carboxylic acids is 2. The molecule has 0 fully saturated rings. The minimum Gasteiger partial charge on any atom is -0.390 e. The molecule has 0 aromatic heterocycles. The predicted molar refractivity (Wildman–Crippen MR) is 31.6 cm³/mol. The van der Waals surface area contributed by atoms with Gasteiger partial charge in [-0.3, -0.25) is 4.79 Å². The molecule has 0 aromatic carbocycles. The van der Waals surface area contributed by atoms with Gasteiger partial charge < -0.3 is 4.74 Å². The molecule has 0 heterocycles. The lowest BCUT2D eigenvalue weighted by Crippen LogP contribution is -2.07. The average Bonchev–Trinajstić information content (AvgIpc) is 1.87. The molecule has 3 nitrogen and oxygen atoms in total. The summed E-state index contributed by atoms with van der Waals surface area (Å²) < 4.78 is 4.15. The van der Waals surface area contributed by atoms with Crippen molar-refractivity contribution in [3.05, 3.63) is 12.7 Å². The predicted octanol–water partition coefficient (Wildman–Crippen LogP) is 0.652. The number of rotatable bonds is 2. The van der Waals surface area contributed by atoms with E-state index in [2.05, 4.69) is 11.3 Å². The molecule has 0 unspecified atom stereocenters. The molecule has 0 aliphatic carbocycles. The van der Waals surface area contributed by atoms with Crippen LogP contribution in [0.25, 0.3) is 0 Å². The number of hydrogen-bond donors (Lipinski definition) is 0. The van der Waals surface area contributed by atoms with Gasteiger partial charge in [0.15, 0.2) is 0 Å². The molecule has 0 saturated carbocycles. The van der Waals surface area contributed by atoms with Gasteiger partial charge in [0.25, 0.3) is 0 Å². The quantitative estimate of drug-likeness (QED) is 0.311. The summed E-state index contributed by atoms with van der Waals surface area (Å²) in [6.07, 6.45) is 1.16. The Balaban J connectivity index is 3.59.